The molecule has 0 bridgehead atoms. The fourth-order valence-electron chi connectivity index (χ4n) is 1.53. The van der Waals surface area contributed by atoms with E-state index in [9.17, 15) is 0 Å². The molecule has 1 aromatic rings. The van der Waals surface area contributed by atoms with E-state index < -0.39 is 0 Å². The van der Waals surface area contributed by atoms with Crippen LogP contribution in [-0.4, -0.2) is 0 Å². The van der Waals surface area contributed by atoms with Gasteiger partial charge in [0.1, 0.15) is 0 Å². The Hall–Kier alpha value is -1.30. The van der Waals surface area contributed by atoms with Gasteiger partial charge in [0.15, 0.2) is 0 Å². The number of aryl methyl sites for hydroxylation is 1. The summed E-state index contributed by atoms with van der Waals surface area (Å²) in [5, 5.41) is 0. The highest BCUT2D eigenvalue weighted by Gasteiger charge is 2.01. The first-order valence-electron chi connectivity index (χ1n) is 5.44. The standard InChI is InChI=1S/C15H20/c1-6-12(3)13(4)14(5)15-9-7-11(2)8-10-15/h6-10H,1-5H3/b12-6?,14-13+. The molecule has 0 nitrogen and oxygen atoms in total. The average molecular weight is 200 g/mol. The van der Waals surface area contributed by atoms with Gasteiger partial charge in [-0.15, -0.1) is 0 Å². The van der Waals surface area contributed by atoms with Crippen LogP contribution in [0.15, 0.2) is 41.5 Å². The van der Waals surface area contributed by atoms with Crippen LogP contribution in [0.5, 0.6) is 0 Å². The molecule has 0 aliphatic carbocycles. The van der Waals surface area contributed by atoms with Crippen LogP contribution in [0.2, 0.25) is 0 Å². The highest BCUT2D eigenvalue weighted by molar-refractivity contribution is 5.70. The molecule has 0 atom stereocenters. The van der Waals surface area contributed by atoms with E-state index in [2.05, 4.69) is 65.0 Å². The van der Waals surface area contributed by atoms with Crippen molar-refractivity contribution in [2.45, 2.75) is 34.6 Å². The van der Waals surface area contributed by atoms with Crippen molar-refractivity contribution in [3.8, 4) is 0 Å². The molecule has 0 fully saturated rings. The summed E-state index contributed by atoms with van der Waals surface area (Å²) in [4.78, 5) is 0. The minimum absolute atomic E-state index is 1.31. The van der Waals surface area contributed by atoms with Crippen molar-refractivity contribution in [2.75, 3.05) is 0 Å². The van der Waals surface area contributed by atoms with E-state index in [1.165, 1.54) is 27.8 Å². The summed E-state index contributed by atoms with van der Waals surface area (Å²) in [5.41, 5.74) is 6.73. The van der Waals surface area contributed by atoms with E-state index in [1.54, 1.807) is 0 Å². The van der Waals surface area contributed by atoms with Crippen molar-refractivity contribution in [2.24, 2.45) is 0 Å². The molecule has 0 heteroatoms. The maximum Gasteiger partial charge on any atom is -0.0224 e. The Morgan fingerprint density at radius 2 is 1.53 bits per heavy atom. The lowest BCUT2D eigenvalue weighted by Gasteiger charge is -2.08. The largest absolute Gasteiger partial charge is 0.0844 e. The Morgan fingerprint density at radius 1 is 1.00 bits per heavy atom. The molecule has 0 amide bonds. The molecule has 0 aromatic heterocycles. The predicted molar refractivity (Wildman–Crippen MR) is 68.9 cm³/mol. The van der Waals surface area contributed by atoms with Crippen LogP contribution in [0.25, 0.3) is 5.57 Å². The van der Waals surface area contributed by atoms with Crippen molar-refractivity contribution in [1.29, 1.82) is 0 Å². The van der Waals surface area contributed by atoms with E-state index in [0.717, 1.165) is 0 Å². The summed E-state index contributed by atoms with van der Waals surface area (Å²) in [6, 6.07) is 8.71. The molecule has 15 heavy (non-hydrogen) atoms. The molecule has 0 heterocycles. The molecule has 1 rings (SSSR count). The Labute approximate surface area is 93.3 Å². The molecule has 0 aliphatic rings. The Balaban J connectivity index is 3.13. The minimum Gasteiger partial charge on any atom is -0.0844 e. The van der Waals surface area contributed by atoms with E-state index in [-0.39, 0.29) is 0 Å². The van der Waals surface area contributed by atoms with Crippen molar-refractivity contribution < 1.29 is 0 Å². The van der Waals surface area contributed by atoms with Gasteiger partial charge >= 0.3 is 0 Å². The van der Waals surface area contributed by atoms with E-state index >= 15 is 0 Å². The molecule has 0 saturated carbocycles. The Morgan fingerprint density at radius 3 is 2.00 bits per heavy atom. The first-order chi connectivity index (χ1) is 7.06. The number of allylic oxidation sites excluding steroid dienone is 4. The van der Waals surface area contributed by atoms with Gasteiger partial charge in [0.2, 0.25) is 0 Å². The molecule has 0 radical (unpaired) electrons. The Bertz CT molecular complexity index is 389. The third-order valence-electron chi connectivity index (χ3n) is 3.07. The van der Waals surface area contributed by atoms with Gasteiger partial charge in [-0.2, -0.15) is 0 Å². The van der Waals surface area contributed by atoms with Crippen molar-refractivity contribution in [1.82, 2.24) is 0 Å². The SMILES string of the molecule is CC=C(C)/C(C)=C(\C)c1ccc(C)cc1. The third kappa shape index (κ3) is 2.82. The summed E-state index contributed by atoms with van der Waals surface area (Å²) >= 11 is 0. The first-order valence-corrected chi connectivity index (χ1v) is 5.44. The van der Waals surface area contributed by atoms with E-state index in [1.807, 2.05) is 0 Å². The van der Waals surface area contributed by atoms with Crippen LogP contribution in [-0.2, 0) is 0 Å². The van der Waals surface area contributed by atoms with Crippen LogP contribution in [0.1, 0.15) is 38.8 Å². The Kier molecular flexibility index (Phi) is 3.90. The molecule has 1 aromatic carbocycles. The second-order valence-electron chi connectivity index (χ2n) is 4.09. The minimum atomic E-state index is 1.31. The van der Waals surface area contributed by atoms with Gasteiger partial charge in [-0.3, -0.25) is 0 Å². The highest BCUT2D eigenvalue weighted by Crippen LogP contribution is 2.22. The fraction of sp³-hybridized carbons (Fsp3) is 0.333. The maximum atomic E-state index is 2.19. The van der Waals surface area contributed by atoms with E-state index in [4.69, 9.17) is 0 Å². The predicted octanol–water partition coefficient (Wildman–Crippen LogP) is 4.75. The van der Waals surface area contributed by atoms with Gasteiger partial charge in [0.05, 0.1) is 0 Å². The number of rotatable bonds is 2. The molecule has 0 unspecified atom stereocenters. The quantitative estimate of drug-likeness (QED) is 0.604. The zero-order valence-corrected chi connectivity index (χ0v) is 10.4. The van der Waals surface area contributed by atoms with Gasteiger partial charge in [-0.05, 0) is 51.3 Å². The number of hydrogen-bond donors (Lipinski definition) is 0. The summed E-state index contributed by atoms with van der Waals surface area (Å²) < 4.78 is 0. The maximum absolute atomic E-state index is 2.19. The molecule has 80 valence electrons. The van der Waals surface area contributed by atoms with Crippen LogP contribution in [0, 0.1) is 6.92 Å². The lowest BCUT2D eigenvalue weighted by Crippen LogP contribution is -1.87. The van der Waals surface area contributed by atoms with Crippen LogP contribution >= 0.6 is 0 Å². The molecule has 0 saturated heterocycles. The molecular weight excluding hydrogens is 180 g/mol. The summed E-state index contributed by atoms with van der Waals surface area (Å²) in [6.07, 6.45) is 2.16. The van der Waals surface area contributed by atoms with Gasteiger partial charge in [0.25, 0.3) is 0 Å². The first kappa shape index (κ1) is 11.8. The normalized spacial score (nSPS) is 13.8. The number of hydrogen-bond acceptors (Lipinski definition) is 0. The third-order valence-corrected chi connectivity index (χ3v) is 3.07. The summed E-state index contributed by atoms with van der Waals surface area (Å²) in [5.74, 6) is 0. The van der Waals surface area contributed by atoms with Gasteiger partial charge in [0, 0.05) is 0 Å². The van der Waals surface area contributed by atoms with Crippen molar-refractivity contribution >= 4 is 5.57 Å². The average Bonchev–Trinajstić information content (AvgIpc) is 2.27. The second kappa shape index (κ2) is 4.97. The van der Waals surface area contributed by atoms with Gasteiger partial charge in [-0.1, -0.05) is 41.5 Å². The lowest BCUT2D eigenvalue weighted by atomic mass is 9.97. The molecule has 0 spiro atoms. The second-order valence-corrected chi connectivity index (χ2v) is 4.09. The van der Waals surface area contributed by atoms with Crippen LogP contribution in [0.3, 0.4) is 0 Å². The van der Waals surface area contributed by atoms with Gasteiger partial charge in [-0.25, -0.2) is 0 Å². The van der Waals surface area contributed by atoms with E-state index in [0.29, 0.717) is 0 Å². The highest BCUT2D eigenvalue weighted by atomic mass is 14.1. The molecular formula is C15H20. The van der Waals surface area contributed by atoms with Crippen molar-refractivity contribution in [3.63, 3.8) is 0 Å². The van der Waals surface area contributed by atoms with Crippen LogP contribution < -0.4 is 0 Å². The molecule has 0 N–H and O–H groups in total. The molecule has 0 aliphatic heterocycles. The smallest absolute Gasteiger partial charge is 0.0224 e. The zero-order chi connectivity index (χ0) is 11.4. The van der Waals surface area contributed by atoms with Crippen molar-refractivity contribution in [3.05, 3.63) is 52.6 Å². The monoisotopic (exact) mass is 200 g/mol. The lowest BCUT2D eigenvalue weighted by molar-refractivity contribution is 1.31. The zero-order valence-electron chi connectivity index (χ0n) is 10.4. The topological polar surface area (TPSA) is 0 Å². The summed E-state index contributed by atoms with van der Waals surface area (Å²) in [6.45, 7) is 10.7. The summed E-state index contributed by atoms with van der Waals surface area (Å²) in [7, 11) is 0. The fourth-order valence-corrected chi connectivity index (χ4v) is 1.53. The van der Waals surface area contributed by atoms with Gasteiger partial charge < -0.3 is 0 Å². The number of benzene rings is 1. The van der Waals surface area contributed by atoms with Crippen LogP contribution in [0.4, 0.5) is 0 Å².